The lowest BCUT2D eigenvalue weighted by Gasteiger charge is -2.03. The number of hydrogen-bond acceptors (Lipinski definition) is 3. The first-order valence-electron chi connectivity index (χ1n) is 5.84. The van der Waals surface area contributed by atoms with Crippen molar-refractivity contribution in [2.75, 3.05) is 0 Å². The lowest BCUT2D eigenvalue weighted by Crippen LogP contribution is -2.12. The molecule has 0 unspecified atom stereocenters. The van der Waals surface area contributed by atoms with Crippen molar-refractivity contribution in [1.29, 1.82) is 0 Å². The van der Waals surface area contributed by atoms with Crippen LogP contribution in [0.15, 0.2) is 46.0 Å². The number of hydrogen-bond donors (Lipinski definition) is 2. The monoisotopic (exact) mass is 253 g/mol. The van der Waals surface area contributed by atoms with E-state index in [1.165, 1.54) is 6.07 Å². The molecule has 0 atom stereocenters. The van der Waals surface area contributed by atoms with E-state index in [2.05, 4.69) is 15.0 Å². The minimum atomic E-state index is -0.232. The van der Waals surface area contributed by atoms with Crippen LogP contribution in [0.5, 0.6) is 0 Å². The molecule has 2 heterocycles. The molecule has 5 heteroatoms. The maximum absolute atomic E-state index is 12.0. The van der Waals surface area contributed by atoms with Crippen LogP contribution in [0.25, 0.3) is 22.4 Å². The molecule has 3 aromatic rings. The maximum atomic E-state index is 12.0. The van der Waals surface area contributed by atoms with Gasteiger partial charge in [0.15, 0.2) is 5.82 Å². The molecule has 0 saturated carbocycles. The van der Waals surface area contributed by atoms with Gasteiger partial charge in [0.05, 0.1) is 16.6 Å². The fraction of sp³-hybridized carbons (Fsp3) is 0.0714. The maximum Gasteiger partial charge on any atom is 0.259 e. The number of aromatic amines is 2. The van der Waals surface area contributed by atoms with E-state index in [9.17, 15) is 9.59 Å². The fourth-order valence-corrected chi connectivity index (χ4v) is 1.97. The van der Waals surface area contributed by atoms with Gasteiger partial charge in [-0.05, 0) is 25.1 Å². The predicted octanol–water partition coefficient (Wildman–Crippen LogP) is 1.59. The van der Waals surface area contributed by atoms with E-state index in [0.717, 1.165) is 5.56 Å². The van der Waals surface area contributed by atoms with E-state index in [4.69, 9.17) is 0 Å². The summed E-state index contributed by atoms with van der Waals surface area (Å²) in [6.07, 6.45) is 0. The summed E-state index contributed by atoms with van der Waals surface area (Å²) in [7, 11) is 0. The number of fused-ring (bicyclic) bond motifs is 1. The van der Waals surface area contributed by atoms with E-state index >= 15 is 0 Å². The molecule has 0 bridgehead atoms. The first-order chi connectivity index (χ1) is 9.13. The van der Waals surface area contributed by atoms with Crippen molar-refractivity contribution in [3.63, 3.8) is 0 Å². The Morgan fingerprint density at radius 2 is 1.89 bits per heavy atom. The van der Waals surface area contributed by atoms with E-state index in [-0.39, 0.29) is 11.1 Å². The molecule has 5 nitrogen and oxygen atoms in total. The zero-order valence-corrected chi connectivity index (χ0v) is 10.2. The molecule has 0 spiro atoms. The number of nitrogens with zero attached hydrogens (tertiary/aromatic N) is 1. The average molecular weight is 253 g/mol. The molecular formula is C14H11N3O2. The zero-order chi connectivity index (χ0) is 13.4. The summed E-state index contributed by atoms with van der Waals surface area (Å²) >= 11 is 0. The van der Waals surface area contributed by atoms with Gasteiger partial charge in [-0.2, -0.15) is 0 Å². The van der Waals surface area contributed by atoms with Gasteiger partial charge in [0.1, 0.15) is 0 Å². The van der Waals surface area contributed by atoms with Gasteiger partial charge in [-0.15, -0.1) is 0 Å². The zero-order valence-electron chi connectivity index (χ0n) is 10.2. The Kier molecular flexibility index (Phi) is 2.52. The summed E-state index contributed by atoms with van der Waals surface area (Å²) in [4.78, 5) is 33.0. The van der Waals surface area contributed by atoms with E-state index < -0.39 is 0 Å². The Balaban J connectivity index is 2.30. The largest absolute Gasteiger partial charge is 0.319 e. The van der Waals surface area contributed by atoms with Gasteiger partial charge in [-0.25, -0.2) is 4.98 Å². The fourth-order valence-electron chi connectivity index (χ4n) is 1.97. The van der Waals surface area contributed by atoms with E-state index in [1.54, 1.807) is 24.3 Å². The molecule has 0 saturated heterocycles. The lowest BCUT2D eigenvalue weighted by atomic mass is 10.1. The van der Waals surface area contributed by atoms with Crippen molar-refractivity contribution in [2.45, 2.75) is 6.92 Å². The van der Waals surface area contributed by atoms with Crippen molar-refractivity contribution in [2.24, 2.45) is 0 Å². The number of aryl methyl sites for hydroxylation is 1. The first-order valence-corrected chi connectivity index (χ1v) is 5.84. The molecule has 0 fully saturated rings. The molecule has 0 amide bonds. The Morgan fingerprint density at radius 1 is 1.05 bits per heavy atom. The summed E-state index contributed by atoms with van der Waals surface area (Å²) in [5.41, 5.74) is 1.65. The van der Waals surface area contributed by atoms with Crippen molar-refractivity contribution in [1.82, 2.24) is 15.0 Å². The lowest BCUT2D eigenvalue weighted by molar-refractivity contribution is 1.12. The average Bonchev–Trinajstić information content (AvgIpc) is 2.39. The Hall–Kier alpha value is -2.69. The molecule has 0 aliphatic carbocycles. The topological polar surface area (TPSA) is 78.6 Å². The molecule has 0 aliphatic heterocycles. The highest BCUT2D eigenvalue weighted by Crippen LogP contribution is 2.13. The van der Waals surface area contributed by atoms with Crippen molar-refractivity contribution >= 4 is 10.9 Å². The summed E-state index contributed by atoms with van der Waals surface area (Å²) < 4.78 is 0. The summed E-state index contributed by atoms with van der Waals surface area (Å²) in [5, 5.41) is 0.544. The SMILES string of the molecule is Cc1ccc2nc(-c3cccc(=O)[nH]3)[nH]c(=O)c2c1. The standard InChI is InChI=1S/C14H11N3O2/c1-8-5-6-10-9(7-8)14(19)17-13(16-10)11-3-2-4-12(18)15-11/h2-7H,1H3,(H,15,18)(H,16,17,19). The van der Waals surface area contributed by atoms with Crippen LogP contribution in [-0.4, -0.2) is 15.0 Å². The van der Waals surface area contributed by atoms with E-state index in [1.807, 2.05) is 13.0 Å². The molecule has 2 aromatic heterocycles. The number of H-pyrrole nitrogens is 2. The summed E-state index contributed by atoms with van der Waals surface area (Å²) in [5.74, 6) is 0.360. The minimum Gasteiger partial charge on any atom is -0.319 e. The van der Waals surface area contributed by atoms with Crippen molar-refractivity contribution < 1.29 is 0 Å². The van der Waals surface area contributed by atoms with Crippen LogP contribution in [0.1, 0.15) is 5.56 Å². The Morgan fingerprint density at radius 3 is 2.68 bits per heavy atom. The summed E-state index contributed by atoms with van der Waals surface area (Å²) in [6, 6.07) is 10.2. The predicted molar refractivity (Wildman–Crippen MR) is 73.2 cm³/mol. The number of aromatic nitrogens is 3. The quantitative estimate of drug-likeness (QED) is 0.691. The Labute approximate surface area is 108 Å². The third-order valence-electron chi connectivity index (χ3n) is 2.88. The molecule has 94 valence electrons. The highest BCUT2D eigenvalue weighted by molar-refractivity contribution is 5.79. The van der Waals surface area contributed by atoms with Gasteiger partial charge in [0.2, 0.25) is 5.56 Å². The van der Waals surface area contributed by atoms with Crippen LogP contribution < -0.4 is 11.1 Å². The molecular weight excluding hydrogens is 242 g/mol. The van der Waals surface area contributed by atoms with Gasteiger partial charge >= 0.3 is 0 Å². The van der Waals surface area contributed by atoms with Crippen molar-refractivity contribution in [3.05, 3.63) is 62.7 Å². The third kappa shape index (κ3) is 2.06. The highest BCUT2D eigenvalue weighted by atomic mass is 16.1. The van der Waals surface area contributed by atoms with Gasteiger partial charge < -0.3 is 9.97 Å². The van der Waals surface area contributed by atoms with Gasteiger partial charge in [0, 0.05) is 6.07 Å². The number of benzene rings is 1. The second kappa shape index (κ2) is 4.20. The number of pyridine rings is 1. The second-order valence-electron chi connectivity index (χ2n) is 4.36. The Bertz CT molecular complexity index is 877. The highest BCUT2D eigenvalue weighted by Gasteiger charge is 2.06. The van der Waals surface area contributed by atoms with Crippen LogP contribution >= 0.6 is 0 Å². The number of nitrogens with one attached hydrogen (secondary N) is 2. The second-order valence-corrected chi connectivity index (χ2v) is 4.36. The van der Waals surface area contributed by atoms with Gasteiger partial charge in [-0.1, -0.05) is 17.7 Å². The normalized spacial score (nSPS) is 10.8. The van der Waals surface area contributed by atoms with Crippen molar-refractivity contribution in [3.8, 4) is 11.5 Å². The smallest absolute Gasteiger partial charge is 0.259 e. The van der Waals surface area contributed by atoms with Gasteiger partial charge in [0.25, 0.3) is 5.56 Å². The molecule has 0 radical (unpaired) electrons. The first kappa shape index (κ1) is 11.4. The van der Waals surface area contributed by atoms with Crippen LogP contribution in [0.4, 0.5) is 0 Å². The molecule has 3 rings (SSSR count). The van der Waals surface area contributed by atoms with Crippen LogP contribution in [0.2, 0.25) is 0 Å². The molecule has 1 aromatic carbocycles. The molecule has 2 N–H and O–H groups in total. The van der Waals surface area contributed by atoms with Crippen LogP contribution in [0.3, 0.4) is 0 Å². The molecule has 0 aliphatic rings. The van der Waals surface area contributed by atoms with Crippen LogP contribution in [0, 0.1) is 6.92 Å². The molecule has 19 heavy (non-hydrogen) atoms. The van der Waals surface area contributed by atoms with Crippen LogP contribution in [-0.2, 0) is 0 Å². The number of rotatable bonds is 1. The van der Waals surface area contributed by atoms with E-state index in [0.29, 0.717) is 22.4 Å². The third-order valence-corrected chi connectivity index (χ3v) is 2.88. The summed E-state index contributed by atoms with van der Waals surface area (Å²) in [6.45, 7) is 1.92. The minimum absolute atomic E-state index is 0.214. The van der Waals surface area contributed by atoms with Gasteiger partial charge in [-0.3, -0.25) is 9.59 Å².